The molecule has 1 unspecified atom stereocenters. The van der Waals surface area contributed by atoms with Crippen molar-refractivity contribution in [1.82, 2.24) is 0 Å². The molecule has 1 N–H and O–H groups in total. The third-order valence-corrected chi connectivity index (χ3v) is 6.47. The van der Waals surface area contributed by atoms with Gasteiger partial charge in [0.25, 0.3) is 0 Å². The largest absolute Gasteiger partial charge is 0.489 e. The number of aliphatic hydroxyl groups excluding tert-OH is 1. The second-order valence-corrected chi connectivity index (χ2v) is 9.35. The first-order chi connectivity index (χ1) is 14.0. The number of benzene rings is 2. The Labute approximate surface area is 202 Å². The second-order valence-electron chi connectivity index (χ2n) is 6.72. The Morgan fingerprint density at radius 1 is 1.24 bits per heavy atom. The summed E-state index contributed by atoms with van der Waals surface area (Å²) in [6.45, 7) is 2.23. The van der Waals surface area contributed by atoms with Crippen LogP contribution in [0.5, 0.6) is 5.75 Å². The molecule has 0 radical (unpaired) electrons. The quantitative estimate of drug-likeness (QED) is 0.173. The summed E-state index contributed by atoms with van der Waals surface area (Å²) >= 11 is 9.94. The number of carbonyl (C=O) groups excluding carboxylic acids is 1. The highest BCUT2D eigenvalue weighted by Gasteiger charge is 2.23. The Hall–Kier alpha value is -0.840. The molecule has 1 aromatic heterocycles. The van der Waals surface area contributed by atoms with E-state index >= 15 is 0 Å². The van der Waals surface area contributed by atoms with Crippen LogP contribution in [-0.4, -0.2) is 29.5 Å². The van der Waals surface area contributed by atoms with E-state index in [1.54, 1.807) is 0 Å². The van der Waals surface area contributed by atoms with Gasteiger partial charge < -0.3 is 14.3 Å². The van der Waals surface area contributed by atoms with E-state index in [1.165, 1.54) is 0 Å². The number of furan rings is 1. The van der Waals surface area contributed by atoms with Crippen LogP contribution in [0.2, 0.25) is 0 Å². The SMILES string of the molecule is CCCCc1oc2ccccc2c1C(=O)c1cc(I)c(OCC(O)CCl)c(I)c1. The van der Waals surface area contributed by atoms with Crippen molar-refractivity contribution in [1.29, 1.82) is 0 Å². The van der Waals surface area contributed by atoms with Crippen molar-refractivity contribution >= 4 is 73.5 Å². The van der Waals surface area contributed by atoms with Crippen molar-refractivity contribution in [3.63, 3.8) is 0 Å². The molecular weight excluding hydrogens is 617 g/mol. The van der Waals surface area contributed by atoms with Crippen LogP contribution >= 0.6 is 56.8 Å². The van der Waals surface area contributed by atoms with E-state index in [4.69, 9.17) is 20.8 Å². The minimum absolute atomic E-state index is 0.0516. The van der Waals surface area contributed by atoms with E-state index in [-0.39, 0.29) is 18.3 Å². The van der Waals surface area contributed by atoms with E-state index in [2.05, 4.69) is 52.1 Å². The summed E-state index contributed by atoms with van der Waals surface area (Å²) in [5.41, 5.74) is 1.97. The number of rotatable bonds is 9. The van der Waals surface area contributed by atoms with Gasteiger partial charge in [-0.05, 0) is 69.8 Å². The maximum Gasteiger partial charge on any atom is 0.197 e. The first-order valence-corrected chi connectivity index (χ1v) is 12.1. The van der Waals surface area contributed by atoms with E-state index in [9.17, 15) is 9.90 Å². The van der Waals surface area contributed by atoms with Crippen LogP contribution in [0, 0.1) is 7.14 Å². The fraction of sp³-hybridized carbons (Fsp3) is 0.318. The Bertz CT molecular complexity index is 992. The number of hydrogen-bond acceptors (Lipinski definition) is 4. The zero-order chi connectivity index (χ0) is 21.0. The number of aliphatic hydroxyl groups is 1. The van der Waals surface area contributed by atoms with Gasteiger partial charge in [-0.1, -0.05) is 31.5 Å². The number of carbonyl (C=O) groups is 1. The summed E-state index contributed by atoms with van der Waals surface area (Å²) in [6, 6.07) is 11.3. The fourth-order valence-electron chi connectivity index (χ4n) is 3.06. The highest BCUT2D eigenvalue weighted by Crippen LogP contribution is 2.33. The number of ether oxygens (including phenoxy) is 1. The molecule has 0 fully saturated rings. The van der Waals surface area contributed by atoms with Crippen LogP contribution < -0.4 is 4.74 Å². The molecular formula is C22H21ClI2O4. The fourth-order valence-corrected chi connectivity index (χ4v) is 5.22. The maximum atomic E-state index is 13.5. The molecule has 1 atom stereocenters. The second kappa shape index (κ2) is 10.5. The van der Waals surface area contributed by atoms with Gasteiger partial charge in [0.1, 0.15) is 29.8 Å². The molecule has 3 rings (SSSR count). The van der Waals surface area contributed by atoms with Crippen molar-refractivity contribution in [3.8, 4) is 5.75 Å². The van der Waals surface area contributed by atoms with Crippen LogP contribution in [0.4, 0.5) is 0 Å². The van der Waals surface area contributed by atoms with Gasteiger partial charge in [-0.2, -0.15) is 0 Å². The molecule has 0 aliphatic carbocycles. The molecule has 154 valence electrons. The Morgan fingerprint density at radius 3 is 2.59 bits per heavy atom. The van der Waals surface area contributed by atoms with Gasteiger partial charge in [0.15, 0.2) is 5.78 Å². The maximum absolute atomic E-state index is 13.5. The number of alkyl halides is 1. The molecule has 0 aliphatic rings. The van der Waals surface area contributed by atoms with Crippen molar-refractivity contribution in [2.24, 2.45) is 0 Å². The number of unbranched alkanes of at least 4 members (excludes halogenated alkanes) is 1. The molecule has 0 bridgehead atoms. The third-order valence-electron chi connectivity index (χ3n) is 4.51. The highest BCUT2D eigenvalue weighted by molar-refractivity contribution is 14.1. The van der Waals surface area contributed by atoms with Gasteiger partial charge >= 0.3 is 0 Å². The molecule has 3 aromatic rings. The summed E-state index contributed by atoms with van der Waals surface area (Å²) in [6.07, 6.45) is 1.99. The van der Waals surface area contributed by atoms with Crippen molar-refractivity contribution < 1.29 is 19.1 Å². The minimum Gasteiger partial charge on any atom is -0.489 e. The Balaban J connectivity index is 1.98. The van der Waals surface area contributed by atoms with E-state index < -0.39 is 6.10 Å². The molecule has 7 heteroatoms. The molecule has 2 aromatic carbocycles. The zero-order valence-electron chi connectivity index (χ0n) is 15.9. The molecule has 0 aliphatic heterocycles. The lowest BCUT2D eigenvalue weighted by atomic mass is 9.98. The topological polar surface area (TPSA) is 59.7 Å². The Morgan fingerprint density at radius 2 is 1.93 bits per heavy atom. The molecule has 0 spiro atoms. The molecule has 0 saturated carbocycles. The van der Waals surface area contributed by atoms with Gasteiger partial charge in [-0.25, -0.2) is 0 Å². The van der Waals surface area contributed by atoms with Crippen LogP contribution in [0.3, 0.4) is 0 Å². The standard InChI is InChI=1S/C22H21ClI2O4/c1-2-3-7-19-20(15-6-4-5-8-18(15)29-19)21(27)13-9-16(24)22(17(25)10-13)28-12-14(26)11-23/h4-6,8-10,14,26H,2-3,7,11-12H2,1H3. The summed E-state index contributed by atoms with van der Waals surface area (Å²) in [5, 5.41) is 10.5. The summed E-state index contributed by atoms with van der Waals surface area (Å²) in [7, 11) is 0. The number of aryl methyl sites for hydroxylation is 1. The summed E-state index contributed by atoms with van der Waals surface area (Å²) in [4.78, 5) is 13.5. The monoisotopic (exact) mass is 638 g/mol. The zero-order valence-corrected chi connectivity index (χ0v) is 21.0. The van der Waals surface area contributed by atoms with Crippen LogP contribution in [-0.2, 0) is 6.42 Å². The van der Waals surface area contributed by atoms with Gasteiger partial charge in [0.2, 0.25) is 0 Å². The van der Waals surface area contributed by atoms with Crippen molar-refractivity contribution in [2.75, 3.05) is 12.5 Å². The van der Waals surface area contributed by atoms with E-state index in [0.717, 1.165) is 43.1 Å². The first kappa shape index (κ1) is 22.8. The predicted molar refractivity (Wildman–Crippen MR) is 132 cm³/mol. The number of halogens is 3. The number of hydrogen-bond donors (Lipinski definition) is 1. The number of ketones is 1. The average Bonchev–Trinajstić information content (AvgIpc) is 3.08. The first-order valence-electron chi connectivity index (χ1n) is 9.37. The molecule has 0 amide bonds. The van der Waals surface area contributed by atoms with Crippen LogP contribution in [0.1, 0.15) is 41.4 Å². The lowest BCUT2D eigenvalue weighted by Crippen LogP contribution is -2.19. The lowest BCUT2D eigenvalue weighted by molar-refractivity contribution is 0.103. The predicted octanol–water partition coefficient (Wildman–Crippen LogP) is 6.19. The molecule has 1 heterocycles. The number of fused-ring (bicyclic) bond motifs is 1. The van der Waals surface area contributed by atoms with Crippen molar-refractivity contribution in [3.05, 3.63) is 60.4 Å². The molecule has 4 nitrogen and oxygen atoms in total. The Kier molecular flexibility index (Phi) is 8.23. The highest BCUT2D eigenvalue weighted by atomic mass is 127. The van der Waals surface area contributed by atoms with E-state index in [0.29, 0.717) is 16.9 Å². The molecule has 29 heavy (non-hydrogen) atoms. The lowest BCUT2D eigenvalue weighted by Gasteiger charge is -2.14. The third kappa shape index (κ3) is 5.26. The van der Waals surface area contributed by atoms with Crippen LogP contribution in [0.15, 0.2) is 40.8 Å². The van der Waals surface area contributed by atoms with Gasteiger partial charge in [-0.15, -0.1) is 11.6 Å². The summed E-state index contributed by atoms with van der Waals surface area (Å²) < 4.78 is 13.3. The smallest absolute Gasteiger partial charge is 0.197 e. The van der Waals surface area contributed by atoms with Gasteiger partial charge in [0.05, 0.1) is 18.6 Å². The summed E-state index contributed by atoms with van der Waals surface area (Å²) in [5.74, 6) is 1.45. The number of para-hydroxylation sites is 1. The average molecular weight is 639 g/mol. The van der Waals surface area contributed by atoms with E-state index in [1.807, 2.05) is 36.4 Å². The minimum atomic E-state index is -0.733. The van der Waals surface area contributed by atoms with Gasteiger partial charge in [0, 0.05) is 17.4 Å². The molecule has 0 saturated heterocycles. The van der Waals surface area contributed by atoms with Crippen LogP contribution in [0.25, 0.3) is 11.0 Å². The normalized spacial score (nSPS) is 12.3. The van der Waals surface area contributed by atoms with Gasteiger partial charge in [-0.3, -0.25) is 4.79 Å². The van der Waals surface area contributed by atoms with Crippen molar-refractivity contribution in [2.45, 2.75) is 32.3 Å².